The molecule has 0 aromatic rings. The van der Waals surface area contributed by atoms with Gasteiger partial charge in [0.15, 0.2) is 0 Å². The highest BCUT2D eigenvalue weighted by molar-refractivity contribution is 5.87. The highest BCUT2D eigenvalue weighted by atomic mass is 16.5. The molecule has 108 valence electrons. The lowest BCUT2D eigenvalue weighted by Gasteiger charge is -2.23. The standard InChI is InChI=1S/C11H18N2O6/c1-3-19-10(17)6(2)12-11(18)13-5-7(14)4-8(13)9(15)16/h6-8,14H,3-5H2,1-2H3,(H,12,18)(H,15,16)/t6?,7-,8+/m1/s1. The van der Waals surface area contributed by atoms with Crippen molar-refractivity contribution < 1.29 is 29.3 Å². The Morgan fingerprint density at radius 2 is 2.11 bits per heavy atom. The van der Waals surface area contributed by atoms with Crippen LogP contribution in [0.4, 0.5) is 4.79 Å². The molecule has 0 spiro atoms. The van der Waals surface area contributed by atoms with Crippen LogP contribution in [0.3, 0.4) is 0 Å². The monoisotopic (exact) mass is 274 g/mol. The highest BCUT2D eigenvalue weighted by Gasteiger charge is 2.39. The first-order valence-corrected chi connectivity index (χ1v) is 6.01. The number of rotatable bonds is 4. The Kier molecular flexibility index (Phi) is 5.11. The van der Waals surface area contributed by atoms with Crippen molar-refractivity contribution in [2.24, 2.45) is 0 Å². The molecule has 1 saturated heterocycles. The van der Waals surface area contributed by atoms with Gasteiger partial charge in [-0.2, -0.15) is 0 Å². The Balaban J connectivity index is 2.62. The van der Waals surface area contributed by atoms with Gasteiger partial charge >= 0.3 is 18.0 Å². The molecule has 1 fully saturated rings. The molecule has 1 heterocycles. The minimum absolute atomic E-state index is 0.0173. The third-order valence-corrected chi connectivity index (χ3v) is 2.81. The van der Waals surface area contributed by atoms with E-state index in [0.29, 0.717) is 0 Å². The van der Waals surface area contributed by atoms with Gasteiger partial charge in [0.05, 0.1) is 12.7 Å². The molecule has 1 rings (SSSR count). The van der Waals surface area contributed by atoms with Crippen LogP contribution in [-0.2, 0) is 14.3 Å². The third-order valence-electron chi connectivity index (χ3n) is 2.81. The second-order valence-electron chi connectivity index (χ2n) is 4.32. The number of esters is 1. The average molecular weight is 274 g/mol. The number of amides is 2. The largest absolute Gasteiger partial charge is 0.480 e. The van der Waals surface area contributed by atoms with Crippen molar-refractivity contribution in [1.82, 2.24) is 10.2 Å². The summed E-state index contributed by atoms with van der Waals surface area (Å²) in [5.41, 5.74) is 0. The van der Waals surface area contributed by atoms with Crippen LogP contribution in [0.15, 0.2) is 0 Å². The molecule has 8 nitrogen and oxygen atoms in total. The number of nitrogens with one attached hydrogen (secondary N) is 1. The van der Waals surface area contributed by atoms with Gasteiger partial charge in [-0.25, -0.2) is 14.4 Å². The van der Waals surface area contributed by atoms with Gasteiger partial charge in [0, 0.05) is 13.0 Å². The molecule has 0 aliphatic carbocycles. The van der Waals surface area contributed by atoms with Crippen LogP contribution in [0, 0.1) is 0 Å². The maximum Gasteiger partial charge on any atom is 0.328 e. The lowest BCUT2D eigenvalue weighted by atomic mass is 10.2. The summed E-state index contributed by atoms with van der Waals surface area (Å²) >= 11 is 0. The number of aliphatic hydroxyl groups is 1. The first-order valence-electron chi connectivity index (χ1n) is 6.01. The summed E-state index contributed by atoms with van der Waals surface area (Å²) in [4.78, 5) is 35.2. The number of hydrogen-bond donors (Lipinski definition) is 3. The second-order valence-corrected chi connectivity index (χ2v) is 4.32. The fourth-order valence-electron chi connectivity index (χ4n) is 1.87. The van der Waals surface area contributed by atoms with Gasteiger partial charge in [-0.1, -0.05) is 0 Å². The Morgan fingerprint density at radius 1 is 1.47 bits per heavy atom. The molecule has 1 unspecified atom stereocenters. The van der Waals surface area contributed by atoms with Gasteiger partial charge in [-0.05, 0) is 13.8 Å². The summed E-state index contributed by atoms with van der Waals surface area (Å²) < 4.78 is 4.72. The van der Waals surface area contributed by atoms with E-state index in [0.717, 1.165) is 4.90 Å². The SMILES string of the molecule is CCOC(=O)C(C)NC(=O)N1C[C@H](O)C[C@H]1C(=O)O. The topological polar surface area (TPSA) is 116 Å². The number of hydrogen-bond acceptors (Lipinski definition) is 5. The van der Waals surface area contributed by atoms with E-state index in [1.165, 1.54) is 6.92 Å². The smallest absolute Gasteiger partial charge is 0.328 e. The van der Waals surface area contributed by atoms with Crippen molar-refractivity contribution in [3.8, 4) is 0 Å². The number of β-amino-alcohol motifs (C(OH)–C–C–N with tert-alkyl or cyclic N) is 1. The normalized spacial score (nSPS) is 23.8. The molecule has 0 saturated carbocycles. The van der Waals surface area contributed by atoms with Gasteiger partial charge in [-0.15, -0.1) is 0 Å². The molecular formula is C11H18N2O6. The maximum atomic E-state index is 11.9. The van der Waals surface area contributed by atoms with Gasteiger partial charge < -0.3 is 25.2 Å². The van der Waals surface area contributed by atoms with Crippen molar-refractivity contribution in [3.05, 3.63) is 0 Å². The molecule has 0 aromatic carbocycles. The zero-order valence-electron chi connectivity index (χ0n) is 10.8. The third kappa shape index (κ3) is 3.82. The van der Waals surface area contributed by atoms with Crippen LogP contribution in [0.5, 0.6) is 0 Å². The van der Waals surface area contributed by atoms with Crippen LogP contribution in [0.1, 0.15) is 20.3 Å². The molecule has 8 heteroatoms. The first-order chi connectivity index (χ1) is 8.86. The molecule has 0 radical (unpaired) electrons. The van der Waals surface area contributed by atoms with E-state index < -0.39 is 36.2 Å². The molecule has 1 aliphatic heterocycles. The number of nitrogens with zero attached hydrogens (tertiary/aromatic N) is 1. The Hall–Kier alpha value is -1.83. The van der Waals surface area contributed by atoms with E-state index in [1.54, 1.807) is 6.92 Å². The van der Waals surface area contributed by atoms with Crippen LogP contribution < -0.4 is 5.32 Å². The summed E-state index contributed by atoms with van der Waals surface area (Å²) in [6.45, 7) is 3.21. The van der Waals surface area contributed by atoms with E-state index in [9.17, 15) is 19.5 Å². The fraction of sp³-hybridized carbons (Fsp3) is 0.727. The van der Waals surface area contributed by atoms with E-state index in [1.807, 2.05) is 0 Å². The molecule has 2 amide bonds. The summed E-state index contributed by atoms with van der Waals surface area (Å²) in [6.07, 6.45) is -0.888. The van der Waals surface area contributed by atoms with E-state index in [4.69, 9.17) is 9.84 Å². The number of ether oxygens (including phenoxy) is 1. The highest BCUT2D eigenvalue weighted by Crippen LogP contribution is 2.18. The van der Waals surface area contributed by atoms with Crippen molar-refractivity contribution in [1.29, 1.82) is 0 Å². The summed E-state index contributed by atoms with van der Waals surface area (Å²) in [6, 6.07) is -2.66. The summed E-state index contributed by atoms with van der Waals surface area (Å²) in [5.74, 6) is -1.78. The number of urea groups is 1. The Bertz CT molecular complexity index is 372. The summed E-state index contributed by atoms with van der Waals surface area (Å²) in [7, 11) is 0. The Morgan fingerprint density at radius 3 is 2.63 bits per heavy atom. The molecule has 1 aliphatic rings. The molecule has 0 aromatic heterocycles. The van der Waals surface area contributed by atoms with Gasteiger partial charge in [0.25, 0.3) is 0 Å². The number of aliphatic carboxylic acids is 1. The number of carbonyl (C=O) groups excluding carboxylic acids is 2. The lowest BCUT2D eigenvalue weighted by molar-refractivity contribution is -0.144. The predicted molar refractivity (Wildman–Crippen MR) is 63.4 cm³/mol. The zero-order chi connectivity index (χ0) is 14.6. The minimum Gasteiger partial charge on any atom is -0.480 e. The lowest BCUT2D eigenvalue weighted by Crippen LogP contribution is -2.50. The second kappa shape index (κ2) is 6.37. The van der Waals surface area contributed by atoms with Crippen molar-refractivity contribution in [2.45, 2.75) is 38.5 Å². The van der Waals surface area contributed by atoms with E-state index in [2.05, 4.69) is 5.32 Å². The van der Waals surface area contributed by atoms with Crippen LogP contribution >= 0.6 is 0 Å². The fourth-order valence-corrected chi connectivity index (χ4v) is 1.87. The molecule has 19 heavy (non-hydrogen) atoms. The predicted octanol–water partition coefficient (Wildman–Crippen LogP) is -0.833. The van der Waals surface area contributed by atoms with E-state index >= 15 is 0 Å². The van der Waals surface area contributed by atoms with Gasteiger partial charge in [-0.3, -0.25) is 0 Å². The average Bonchev–Trinajstić information content (AvgIpc) is 2.71. The summed E-state index contributed by atoms with van der Waals surface area (Å²) in [5, 5.41) is 20.7. The van der Waals surface area contributed by atoms with Crippen LogP contribution in [-0.4, -0.2) is 64.4 Å². The minimum atomic E-state index is -1.18. The van der Waals surface area contributed by atoms with Crippen LogP contribution in [0.25, 0.3) is 0 Å². The number of carboxylic acid groups (broad SMARTS) is 1. The van der Waals surface area contributed by atoms with Crippen molar-refractivity contribution in [2.75, 3.05) is 13.2 Å². The number of aliphatic hydroxyl groups excluding tert-OH is 1. The number of carboxylic acids is 1. The zero-order valence-corrected chi connectivity index (χ0v) is 10.8. The Labute approximate surface area is 110 Å². The number of carbonyl (C=O) groups is 3. The maximum absolute atomic E-state index is 11.9. The van der Waals surface area contributed by atoms with Gasteiger partial charge in [0.1, 0.15) is 12.1 Å². The van der Waals surface area contributed by atoms with Gasteiger partial charge in [0.2, 0.25) is 0 Å². The molecule has 0 bridgehead atoms. The molecule has 3 atom stereocenters. The van der Waals surface area contributed by atoms with E-state index in [-0.39, 0.29) is 19.6 Å². The van der Waals surface area contributed by atoms with Crippen molar-refractivity contribution in [3.63, 3.8) is 0 Å². The molecular weight excluding hydrogens is 256 g/mol. The van der Waals surface area contributed by atoms with Crippen LogP contribution in [0.2, 0.25) is 0 Å². The quantitative estimate of drug-likeness (QED) is 0.576. The molecule has 3 N–H and O–H groups in total. The number of likely N-dealkylation sites (tertiary alicyclic amines) is 1. The first kappa shape index (κ1) is 15.2. The van der Waals surface area contributed by atoms with Crippen molar-refractivity contribution >= 4 is 18.0 Å².